The second-order valence-corrected chi connectivity index (χ2v) is 3.30. The van der Waals surface area contributed by atoms with Gasteiger partial charge in [0, 0.05) is 6.42 Å². The van der Waals surface area contributed by atoms with Crippen molar-refractivity contribution in [1.29, 1.82) is 0 Å². The number of para-hydroxylation sites is 1. The molecule has 0 heterocycles. The number of carbonyl (C=O) groups excluding carboxylic acids is 1. The van der Waals surface area contributed by atoms with Crippen LogP contribution in [0.4, 0.5) is 0 Å². The van der Waals surface area contributed by atoms with E-state index < -0.39 is 0 Å². The second-order valence-electron chi connectivity index (χ2n) is 3.30. The Balaban J connectivity index is 2.88. The molecule has 1 aromatic carbocycles. The lowest BCUT2D eigenvalue weighted by Gasteiger charge is -2.03. The molecule has 0 aliphatic rings. The van der Waals surface area contributed by atoms with Gasteiger partial charge in [-0.05, 0) is 17.7 Å². The second kappa shape index (κ2) is 5.71. The van der Waals surface area contributed by atoms with Crippen molar-refractivity contribution < 1.29 is 9.90 Å². The number of aromatic hydroxyl groups is 1. The number of rotatable bonds is 5. The van der Waals surface area contributed by atoms with Crippen molar-refractivity contribution in [1.82, 2.24) is 0 Å². The molecule has 82 valence electrons. The average molecular weight is 214 g/mol. The maximum absolute atomic E-state index is 11.8. The Labute approximate surface area is 95.2 Å². The van der Waals surface area contributed by atoms with E-state index in [9.17, 15) is 9.90 Å². The van der Waals surface area contributed by atoms with Crippen molar-refractivity contribution in [3.05, 3.63) is 66.8 Å². The van der Waals surface area contributed by atoms with E-state index in [1.54, 1.807) is 36.4 Å². The van der Waals surface area contributed by atoms with E-state index in [-0.39, 0.29) is 18.0 Å². The topological polar surface area (TPSA) is 37.3 Å². The molecule has 1 rings (SSSR count). The van der Waals surface area contributed by atoms with E-state index in [1.807, 2.05) is 0 Å². The molecule has 0 amide bonds. The van der Waals surface area contributed by atoms with Gasteiger partial charge in [-0.2, -0.15) is 0 Å². The summed E-state index contributed by atoms with van der Waals surface area (Å²) in [6.45, 7) is 7.18. The zero-order valence-corrected chi connectivity index (χ0v) is 9.02. The van der Waals surface area contributed by atoms with Crippen LogP contribution in [0.25, 0.3) is 0 Å². The van der Waals surface area contributed by atoms with Crippen LogP contribution in [-0.2, 0) is 0 Å². The first-order chi connectivity index (χ1) is 7.69. The molecule has 16 heavy (non-hydrogen) atoms. The highest BCUT2D eigenvalue weighted by Gasteiger charge is 2.10. The molecular weight excluding hydrogens is 200 g/mol. The summed E-state index contributed by atoms with van der Waals surface area (Å²) in [5.41, 5.74) is 1.11. The van der Waals surface area contributed by atoms with Crippen molar-refractivity contribution in [2.75, 3.05) is 0 Å². The monoisotopic (exact) mass is 214 g/mol. The Kier molecular flexibility index (Phi) is 4.28. The maximum Gasteiger partial charge on any atom is 0.170 e. The van der Waals surface area contributed by atoms with Crippen LogP contribution >= 0.6 is 0 Å². The van der Waals surface area contributed by atoms with Crippen LogP contribution in [0, 0.1) is 0 Å². The third-order valence-electron chi connectivity index (χ3n) is 2.16. The highest BCUT2D eigenvalue weighted by atomic mass is 16.3. The van der Waals surface area contributed by atoms with Crippen LogP contribution in [-0.4, -0.2) is 10.9 Å². The van der Waals surface area contributed by atoms with Crippen LogP contribution in [0.3, 0.4) is 0 Å². The molecule has 2 heteroatoms. The van der Waals surface area contributed by atoms with Gasteiger partial charge in [0.05, 0.1) is 5.56 Å². The van der Waals surface area contributed by atoms with Crippen molar-refractivity contribution in [3.8, 4) is 5.75 Å². The zero-order valence-electron chi connectivity index (χ0n) is 9.02. The first-order valence-corrected chi connectivity index (χ1v) is 4.94. The third kappa shape index (κ3) is 2.95. The molecule has 1 aromatic rings. The summed E-state index contributed by atoms with van der Waals surface area (Å²) < 4.78 is 0. The van der Waals surface area contributed by atoms with Gasteiger partial charge in [-0.1, -0.05) is 43.5 Å². The minimum atomic E-state index is -0.133. The number of hydrogen-bond acceptors (Lipinski definition) is 2. The van der Waals surface area contributed by atoms with E-state index >= 15 is 0 Å². The van der Waals surface area contributed by atoms with Gasteiger partial charge in [0.2, 0.25) is 0 Å². The molecule has 0 atom stereocenters. The maximum atomic E-state index is 11.8. The number of ketones is 1. The number of allylic oxidation sites excluding steroid dienone is 4. The van der Waals surface area contributed by atoms with Gasteiger partial charge in [-0.15, -0.1) is 0 Å². The van der Waals surface area contributed by atoms with Gasteiger partial charge in [-0.3, -0.25) is 4.79 Å². The van der Waals surface area contributed by atoms with Crippen molar-refractivity contribution in [2.45, 2.75) is 6.42 Å². The van der Waals surface area contributed by atoms with Crippen molar-refractivity contribution >= 4 is 5.78 Å². The summed E-state index contributed by atoms with van der Waals surface area (Å²) in [7, 11) is 0. The first-order valence-electron chi connectivity index (χ1n) is 4.94. The third-order valence-corrected chi connectivity index (χ3v) is 2.16. The fourth-order valence-electron chi connectivity index (χ4n) is 1.34. The Bertz CT molecular complexity index is 442. The minimum absolute atomic E-state index is 0.00881. The van der Waals surface area contributed by atoms with E-state index in [1.165, 1.54) is 6.07 Å². The molecule has 2 nitrogen and oxygen atoms in total. The first kappa shape index (κ1) is 12.0. The van der Waals surface area contributed by atoms with Crippen LogP contribution < -0.4 is 0 Å². The predicted octanol–water partition coefficient (Wildman–Crippen LogP) is 3.26. The van der Waals surface area contributed by atoms with Crippen LogP contribution in [0.2, 0.25) is 0 Å². The number of benzene rings is 1. The molecular formula is C14H14O2. The van der Waals surface area contributed by atoms with Gasteiger partial charge < -0.3 is 5.11 Å². The van der Waals surface area contributed by atoms with Crippen LogP contribution in [0.1, 0.15) is 16.8 Å². The lowest BCUT2D eigenvalue weighted by atomic mass is 10.0. The lowest BCUT2D eigenvalue weighted by Crippen LogP contribution is -2.00. The zero-order chi connectivity index (χ0) is 12.0. The summed E-state index contributed by atoms with van der Waals surface area (Å²) in [4.78, 5) is 11.8. The number of Topliss-reactive ketones (excluding diaryl/α,β-unsaturated/α-hetero) is 1. The molecule has 0 fully saturated rings. The highest BCUT2D eigenvalue weighted by molar-refractivity contribution is 6.00. The summed E-state index contributed by atoms with van der Waals surface area (Å²) in [5.74, 6) is -0.124. The molecule has 0 unspecified atom stereocenters. The minimum Gasteiger partial charge on any atom is -0.507 e. The fraction of sp³-hybridized carbons (Fsp3) is 0.0714. The number of phenolic OH excluding ortho intramolecular Hbond substituents is 1. The number of hydrogen-bond donors (Lipinski definition) is 1. The lowest BCUT2D eigenvalue weighted by molar-refractivity contribution is 0.0991. The van der Waals surface area contributed by atoms with Crippen molar-refractivity contribution in [2.24, 2.45) is 0 Å². The van der Waals surface area contributed by atoms with Gasteiger partial charge in [-0.25, -0.2) is 0 Å². The molecule has 0 saturated carbocycles. The normalized spacial score (nSPS) is 10.9. The average Bonchev–Trinajstić information content (AvgIpc) is 2.28. The van der Waals surface area contributed by atoms with Gasteiger partial charge >= 0.3 is 0 Å². The van der Waals surface area contributed by atoms with Crippen LogP contribution in [0.15, 0.2) is 61.2 Å². The highest BCUT2D eigenvalue weighted by Crippen LogP contribution is 2.19. The van der Waals surface area contributed by atoms with Crippen LogP contribution in [0.5, 0.6) is 5.75 Å². The standard InChI is InChI=1S/C14H14O2/c1-3-7-11(4-2)10-14(16)12-8-5-6-9-13(12)15/h3-9,15H,1-2,10H2/b11-7+. The molecule has 1 N–H and O–H groups in total. The fourth-order valence-corrected chi connectivity index (χ4v) is 1.34. The SMILES string of the molecule is C=C/C=C(\C=C)CC(=O)c1ccccc1O. The van der Waals surface area contributed by atoms with Crippen molar-refractivity contribution in [3.63, 3.8) is 0 Å². The van der Waals surface area contributed by atoms with E-state index in [2.05, 4.69) is 13.2 Å². The Hall–Kier alpha value is -2.09. The number of phenols is 1. The Morgan fingerprint density at radius 1 is 1.31 bits per heavy atom. The summed E-state index contributed by atoms with van der Waals surface area (Å²) in [6.07, 6.45) is 5.16. The molecule has 0 aliphatic carbocycles. The molecule has 0 aromatic heterocycles. The Morgan fingerprint density at radius 2 is 2.00 bits per heavy atom. The molecule has 0 saturated heterocycles. The quantitative estimate of drug-likeness (QED) is 0.603. The smallest absolute Gasteiger partial charge is 0.170 e. The summed E-state index contributed by atoms with van der Waals surface area (Å²) in [6, 6.07) is 6.50. The van der Waals surface area contributed by atoms with Gasteiger partial charge in [0.25, 0.3) is 0 Å². The number of carbonyl (C=O) groups is 1. The molecule has 0 aliphatic heterocycles. The molecule has 0 radical (unpaired) electrons. The predicted molar refractivity (Wildman–Crippen MR) is 65.5 cm³/mol. The largest absolute Gasteiger partial charge is 0.507 e. The summed E-state index contributed by atoms with van der Waals surface area (Å²) in [5, 5.41) is 9.51. The molecule has 0 bridgehead atoms. The molecule has 0 spiro atoms. The van der Waals surface area contributed by atoms with Gasteiger partial charge in [0.1, 0.15) is 5.75 Å². The van der Waals surface area contributed by atoms with Gasteiger partial charge in [0.15, 0.2) is 5.78 Å². The Morgan fingerprint density at radius 3 is 2.56 bits per heavy atom. The summed E-state index contributed by atoms with van der Waals surface area (Å²) >= 11 is 0. The van der Waals surface area contributed by atoms with E-state index in [4.69, 9.17) is 0 Å². The van der Waals surface area contributed by atoms with E-state index in [0.717, 1.165) is 5.57 Å². The van der Waals surface area contributed by atoms with E-state index in [0.29, 0.717) is 5.56 Å².